The minimum atomic E-state index is -4.67. The maximum atomic E-state index is 8.74. The third-order valence-corrected chi connectivity index (χ3v) is 0. The van der Waals surface area contributed by atoms with Crippen LogP contribution in [0.3, 0.4) is 0 Å². The summed E-state index contributed by atoms with van der Waals surface area (Å²) in [5.74, 6) is 0. The average molecular weight is 189 g/mol. The van der Waals surface area contributed by atoms with Crippen LogP contribution in [0, 0.1) is 0 Å². The first-order chi connectivity index (χ1) is 4.00. The third kappa shape index (κ3) is 4910. The minimum absolute atomic E-state index is 0.389. The lowest BCUT2D eigenvalue weighted by Crippen LogP contribution is -1.89. The first kappa shape index (κ1) is 12.9. The maximum absolute atomic E-state index is 8.74. The van der Waals surface area contributed by atoms with Crippen LogP contribution in [-0.4, -0.2) is 44.2 Å². The van der Waals surface area contributed by atoms with Gasteiger partial charge in [-0.05, 0) is 0 Å². The normalized spacial score (nSPS) is 11.8. The highest BCUT2D eigenvalue weighted by Crippen LogP contribution is 2.40. The van der Waals surface area contributed by atoms with Gasteiger partial charge in [0.15, 0.2) is 0 Å². The van der Waals surface area contributed by atoms with Crippen molar-refractivity contribution in [3.63, 3.8) is 0 Å². The van der Waals surface area contributed by atoms with E-state index >= 15 is 0 Å². The molecule has 0 unspecified atom stereocenters. The molecule has 0 aliphatic rings. The maximum Gasteiger partial charge on any atom is 0.394 e. The van der Waals surface area contributed by atoms with Gasteiger partial charge in [-0.15, -0.1) is 0 Å². The molecule has 0 aromatic carbocycles. The standard InChI is InChI=1S/C4H12P.H2O4S/c2*1-5(2,3)4/h1-4H3;(H2,1,2,3,4)/q+1;. The SMILES string of the molecule is C[P+](C)(C)C.O=S(=O)(O)O. The van der Waals surface area contributed by atoms with E-state index in [9.17, 15) is 0 Å². The Balaban J connectivity index is 0. The van der Waals surface area contributed by atoms with Crippen LogP contribution >= 0.6 is 7.26 Å². The second kappa shape index (κ2) is 4.23. The molecule has 0 heterocycles. The van der Waals surface area contributed by atoms with E-state index in [1.807, 2.05) is 0 Å². The molecule has 0 bridgehead atoms. The van der Waals surface area contributed by atoms with Gasteiger partial charge in [0.1, 0.15) is 0 Å². The van der Waals surface area contributed by atoms with Crippen molar-refractivity contribution in [3.8, 4) is 0 Å². The molecule has 6 heteroatoms. The van der Waals surface area contributed by atoms with Crippen LogP contribution in [0.4, 0.5) is 0 Å². The molecule has 0 saturated carbocycles. The molecule has 4 nitrogen and oxygen atoms in total. The monoisotopic (exact) mass is 189 g/mol. The van der Waals surface area contributed by atoms with E-state index in [2.05, 4.69) is 26.7 Å². The van der Waals surface area contributed by atoms with Gasteiger partial charge < -0.3 is 0 Å². The lowest BCUT2D eigenvalue weighted by atomic mass is 11.8. The zero-order chi connectivity index (χ0) is 9.00. The Morgan fingerprint density at radius 2 is 1.00 bits per heavy atom. The van der Waals surface area contributed by atoms with Crippen molar-refractivity contribution in [1.29, 1.82) is 0 Å². The van der Waals surface area contributed by atoms with Crippen molar-refractivity contribution < 1.29 is 17.5 Å². The fourth-order valence-corrected chi connectivity index (χ4v) is 0. The van der Waals surface area contributed by atoms with E-state index < -0.39 is 10.4 Å². The zero-order valence-electron chi connectivity index (χ0n) is 6.57. The van der Waals surface area contributed by atoms with Crippen LogP contribution in [0.5, 0.6) is 0 Å². The topological polar surface area (TPSA) is 74.6 Å². The van der Waals surface area contributed by atoms with E-state index in [0.717, 1.165) is 0 Å². The molecule has 10 heavy (non-hydrogen) atoms. The molecule has 0 radical (unpaired) electrons. The third-order valence-electron chi connectivity index (χ3n) is 0. The van der Waals surface area contributed by atoms with E-state index in [4.69, 9.17) is 17.5 Å². The predicted octanol–water partition coefficient (Wildman–Crippen LogP) is 0.870. The highest BCUT2D eigenvalue weighted by molar-refractivity contribution is 7.79. The second-order valence-electron chi connectivity index (χ2n) is 3.13. The Kier molecular flexibility index (Phi) is 5.48. The van der Waals surface area contributed by atoms with Gasteiger partial charge in [0.25, 0.3) is 0 Å². The van der Waals surface area contributed by atoms with Crippen molar-refractivity contribution in [2.45, 2.75) is 0 Å². The summed E-state index contributed by atoms with van der Waals surface area (Å²) in [5.41, 5.74) is 0. The molecule has 0 fully saturated rings. The van der Waals surface area contributed by atoms with Crippen LogP contribution < -0.4 is 0 Å². The van der Waals surface area contributed by atoms with E-state index in [1.54, 1.807) is 0 Å². The highest BCUT2D eigenvalue weighted by atomic mass is 32.3. The molecule has 0 saturated heterocycles. The highest BCUT2D eigenvalue weighted by Gasteiger charge is 2.03. The lowest BCUT2D eigenvalue weighted by molar-refractivity contribution is 0.381. The molecule has 0 aliphatic carbocycles. The van der Waals surface area contributed by atoms with Gasteiger partial charge in [-0.1, -0.05) is 0 Å². The van der Waals surface area contributed by atoms with Crippen LogP contribution in [0.15, 0.2) is 0 Å². The van der Waals surface area contributed by atoms with E-state index in [0.29, 0.717) is 0 Å². The molecular weight excluding hydrogens is 175 g/mol. The van der Waals surface area contributed by atoms with Crippen molar-refractivity contribution in [2.24, 2.45) is 0 Å². The average Bonchev–Trinajstić information content (AvgIpc) is 1.12. The van der Waals surface area contributed by atoms with Gasteiger partial charge in [-0.3, -0.25) is 9.11 Å². The molecule has 0 rings (SSSR count). The summed E-state index contributed by atoms with van der Waals surface area (Å²) in [7, 11) is -5.06. The van der Waals surface area contributed by atoms with Crippen molar-refractivity contribution in [1.82, 2.24) is 0 Å². The van der Waals surface area contributed by atoms with E-state index in [1.165, 1.54) is 0 Å². The number of rotatable bonds is 0. The second-order valence-corrected chi connectivity index (χ2v) is 9.39. The van der Waals surface area contributed by atoms with Crippen LogP contribution in [0.25, 0.3) is 0 Å². The molecule has 64 valence electrons. The Labute approximate surface area is 62.6 Å². The Morgan fingerprint density at radius 3 is 1.00 bits per heavy atom. The molecular formula is C4H14O4PS+. The minimum Gasteiger partial charge on any atom is -0.264 e. The number of hydrogen-bond donors (Lipinski definition) is 2. The van der Waals surface area contributed by atoms with Crippen LogP contribution in [0.1, 0.15) is 0 Å². The Morgan fingerprint density at radius 1 is 1.00 bits per heavy atom. The Bertz CT molecular complexity index is 152. The van der Waals surface area contributed by atoms with E-state index in [-0.39, 0.29) is 7.26 Å². The predicted molar refractivity (Wildman–Crippen MR) is 44.8 cm³/mol. The molecule has 0 atom stereocenters. The number of hydrogen-bond acceptors (Lipinski definition) is 2. The van der Waals surface area contributed by atoms with Gasteiger partial charge in [-0.25, -0.2) is 0 Å². The zero-order valence-corrected chi connectivity index (χ0v) is 8.28. The fraction of sp³-hybridized carbons (Fsp3) is 1.00. The molecule has 0 aromatic heterocycles. The molecule has 0 spiro atoms. The van der Waals surface area contributed by atoms with Gasteiger partial charge in [0, 0.05) is 33.9 Å². The van der Waals surface area contributed by atoms with Gasteiger partial charge in [0.2, 0.25) is 0 Å². The molecule has 0 amide bonds. The van der Waals surface area contributed by atoms with Crippen molar-refractivity contribution >= 4 is 17.7 Å². The fourth-order valence-electron chi connectivity index (χ4n) is 0. The molecule has 0 aromatic rings. The summed E-state index contributed by atoms with van der Waals surface area (Å²) in [5, 5.41) is 0. The van der Waals surface area contributed by atoms with Gasteiger partial charge in [0.05, 0.1) is 0 Å². The summed E-state index contributed by atoms with van der Waals surface area (Å²) in [4.78, 5) is 0. The van der Waals surface area contributed by atoms with Gasteiger partial charge >= 0.3 is 10.4 Å². The van der Waals surface area contributed by atoms with Gasteiger partial charge in [-0.2, -0.15) is 8.42 Å². The van der Waals surface area contributed by atoms with Crippen molar-refractivity contribution in [3.05, 3.63) is 0 Å². The summed E-state index contributed by atoms with van der Waals surface area (Å²) in [6, 6.07) is 0. The van der Waals surface area contributed by atoms with Crippen molar-refractivity contribution in [2.75, 3.05) is 26.7 Å². The first-order valence-electron chi connectivity index (χ1n) is 2.49. The summed E-state index contributed by atoms with van der Waals surface area (Å²) in [6.45, 7) is 9.19. The summed E-state index contributed by atoms with van der Waals surface area (Å²) < 4.78 is 31.6. The lowest BCUT2D eigenvalue weighted by Gasteiger charge is -1.97. The summed E-state index contributed by atoms with van der Waals surface area (Å²) >= 11 is 0. The largest absolute Gasteiger partial charge is 0.394 e. The smallest absolute Gasteiger partial charge is 0.264 e. The first-order valence-corrected chi connectivity index (χ1v) is 7.46. The van der Waals surface area contributed by atoms with Crippen LogP contribution in [0.2, 0.25) is 0 Å². The quantitative estimate of drug-likeness (QED) is 0.438. The molecule has 2 N–H and O–H groups in total. The summed E-state index contributed by atoms with van der Waals surface area (Å²) in [6.07, 6.45) is 0. The molecule has 0 aliphatic heterocycles. The van der Waals surface area contributed by atoms with Crippen LogP contribution in [-0.2, 0) is 10.4 Å². The Hall–Kier alpha value is 0.300.